The number of amides is 1. The van der Waals surface area contributed by atoms with Crippen molar-refractivity contribution in [2.24, 2.45) is 5.73 Å². The molecule has 1 aliphatic heterocycles. The Kier molecular flexibility index (Phi) is 4.86. The normalized spacial score (nSPS) is 28.3. The zero-order valence-corrected chi connectivity index (χ0v) is 14.3. The van der Waals surface area contributed by atoms with Gasteiger partial charge in [0.2, 0.25) is 5.91 Å². The molecule has 1 aromatic carbocycles. The van der Waals surface area contributed by atoms with Crippen molar-refractivity contribution in [2.75, 3.05) is 0 Å². The predicted molar refractivity (Wildman–Crippen MR) is 95.4 cm³/mol. The number of nitrogens with two attached hydrogens (primary N) is 1. The van der Waals surface area contributed by atoms with Crippen LogP contribution in [0.25, 0.3) is 5.57 Å². The van der Waals surface area contributed by atoms with Crippen molar-refractivity contribution in [1.82, 2.24) is 5.32 Å². The van der Waals surface area contributed by atoms with Crippen LogP contribution in [-0.2, 0) is 0 Å². The fourth-order valence-electron chi connectivity index (χ4n) is 4.22. The van der Waals surface area contributed by atoms with Gasteiger partial charge in [-0.1, -0.05) is 18.2 Å². The van der Waals surface area contributed by atoms with Gasteiger partial charge in [-0.3, -0.25) is 4.79 Å². The molecule has 23 heavy (non-hydrogen) atoms. The number of carbonyl (C=O) groups is 1. The summed E-state index contributed by atoms with van der Waals surface area (Å²) in [4.78, 5) is 11.8. The molecule has 0 radical (unpaired) electrons. The molecule has 2 aliphatic rings. The average molecular weight is 312 g/mol. The van der Waals surface area contributed by atoms with Crippen LogP contribution in [0.15, 0.2) is 24.3 Å². The lowest BCUT2D eigenvalue weighted by Gasteiger charge is -2.33. The fourth-order valence-corrected chi connectivity index (χ4v) is 4.22. The van der Waals surface area contributed by atoms with Gasteiger partial charge in [0.15, 0.2) is 0 Å². The van der Waals surface area contributed by atoms with E-state index in [2.05, 4.69) is 37.4 Å². The van der Waals surface area contributed by atoms with Gasteiger partial charge in [-0.25, -0.2) is 0 Å². The van der Waals surface area contributed by atoms with E-state index < -0.39 is 0 Å². The summed E-state index contributed by atoms with van der Waals surface area (Å²) in [5, 5.41) is 3.60. The van der Waals surface area contributed by atoms with Crippen LogP contribution in [0.1, 0.15) is 79.8 Å². The van der Waals surface area contributed by atoms with Gasteiger partial charge < -0.3 is 11.1 Å². The summed E-state index contributed by atoms with van der Waals surface area (Å²) in [5.41, 5.74) is 10.0. The standard InChI is InChI=1S/C20H28N2O/c1-13-10-17(11-14(2)22-13)16-8-9-18(20(21)23)19(12-16)15-6-4-3-5-7-15/h6,8-9,12-14,17,22H,3-5,7,10-11H2,1-2H3,(H2,21,23). The predicted octanol–water partition coefficient (Wildman–Crippen LogP) is 3.99. The second-order valence-electron chi connectivity index (χ2n) is 7.28. The highest BCUT2D eigenvalue weighted by Gasteiger charge is 2.25. The molecule has 2 atom stereocenters. The number of primary amides is 1. The molecule has 0 aromatic heterocycles. The van der Waals surface area contributed by atoms with E-state index in [1.54, 1.807) is 0 Å². The van der Waals surface area contributed by atoms with Crippen LogP contribution in [0.5, 0.6) is 0 Å². The third-order valence-corrected chi connectivity index (χ3v) is 5.26. The molecule has 1 amide bonds. The fraction of sp³-hybridized carbons (Fsp3) is 0.550. The van der Waals surface area contributed by atoms with Crippen LogP contribution in [0.4, 0.5) is 0 Å². The van der Waals surface area contributed by atoms with Gasteiger partial charge in [0.1, 0.15) is 0 Å². The van der Waals surface area contributed by atoms with Crippen molar-refractivity contribution in [3.8, 4) is 0 Å². The van der Waals surface area contributed by atoms with Crippen LogP contribution in [0, 0.1) is 0 Å². The Morgan fingerprint density at radius 2 is 1.91 bits per heavy atom. The molecule has 124 valence electrons. The van der Waals surface area contributed by atoms with Gasteiger partial charge in [-0.2, -0.15) is 0 Å². The van der Waals surface area contributed by atoms with Crippen molar-refractivity contribution in [3.63, 3.8) is 0 Å². The topological polar surface area (TPSA) is 55.1 Å². The molecule has 3 nitrogen and oxygen atoms in total. The first-order chi connectivity index (χ1) is 11.0. The van der Waals surface area contributed by atoms with E-state index in [1.165, 1.54) is 24.0 Å². The molecule has 0 saturated carbocycles. The Bertz CT molecular complexity index is 610. The van der Waals surface area contributed by atoms with Crippen molar-refractivity contribution in [1.29, 1.82) is 0 Å². The summed E-state index contributed by atoms with van der Waals surface area (Å²) >= 11 is 0. The molecule has 0 bridgehead atoms. The summed E-state index contributed by atoms with van der Waals surface area (Å²) in [6, 6.07) is 7.38. The zero-order chi connectivity index (χ0) is 16.4. The molecule has 2 unspecified atom stereocenters. The summed E-state index contributed by atoms with van der Waals surface area (Å²) in [5.74, 6) is 0.246. The van der Waals surface area contributed by atoms with E-state index >= 15 is 0 Å². The van der Waals surface area contributed by atoms with Gasteiger partial charge in [-0.15, -0.1) is 0 Å². The number of piperidine rings is 1. The molecule has 1 aliphatic carbocycles. The monoisotopic (exact) mass is 312 g/mol. The lowest BCUT2D eigenvalue weighted by atomic mass is 9.81. The van der Waals surface area contributed by atoms with Crippen LogP contribution >= 0.6 is 0 Å². The number of carbonyl (C=O) groups excluding carboxylic acids is 1. The molecule has 1 aromatic rings. The van der Waals surface area contributed by atoms with Crippen LogP contribution in [-0.4, -0.2) is 18.0 Å². The molecule has 0 spiro atoms. The van der Waals surface area contributed by atoms with Crippen LogP contribution in [0.3, 0.4) is 0 Å². The average Bonchev–Trinajstić information content (AvgIpc) is 2.54. The maximum Gasteiger partial charge on any atom is 0.249 e. The summed E-state index contributed by atoms with van der Waals surface area (Å²) < 4.78 is 0. The number of hydrogen-bond acceptors (Lipinski definition) is 2. The van der Waals surface area contributed by atoms with Crippen LogP contribution in [0.2, 0.25) is 0 Å². The first-order valence-corrected chi connectivity index (χ1v) is 8.94. The molecule has 1 fully saturated rings. The molecule has 3 heteroatoms. The summed E-state index contributed by atoms with van der Waals surface area (Å²) in [6.07, 6.45) is 9.22. The van der Waals surface area contributed by atoms with Crippen molar-refractivity contribution >= 4 is 11.5 Å². The van der Waals surface area contributed by atoms with Gasteiger partial charge in [0.25, 0.3) is 0 Å². The number of nitrogens with one attached hydrogen (secondary N) is 1. The van der Waals surface area contributed by atoms with E-state index in [1.807, 2.05) is 6.07 Å². The molecule has 3 N–H and O–H groups in total. The minimum absolute atomic E-state index is 0.315. The molecular weight excluding hydrogens is 284 g/mol. The smallest absolute Gasteiger partial charge is 0.249 e. The van der Waals surface area contributed by atoms with Crippen molar-refractivity contribution in [3.05, 3.63) is 41.0 Å². The van der Waals surface area contributed by atoms with Crippen LogP contribution < -0.4 is 11.1 Å². The van der Waals surface area contributed by atoms with Gasteiger partial charge in [-0.05, 0) is 81.1 Å². The van der Waals surface area contributed by atoms with E-state index in [0.717, 1.165) is 31.2 Å². The Balaban J connectivity index is 1.96. The Morgan fingerprint density at radius 1 is 1.17 bits per heavy atom. The lowest BCUT2D eigenvalue weighted by molar-refractivity contribution is 0.1000. The van der Waals surface area contributed by atoms with E-state index in [-0.39, 0.29) is 5.91 Å². The minimum atomic E-state index is -0.315. The summed E-state index contributed by atoms with van der Waals surface area (Å²) in [7, 11) is 0. The van der Waals surface area contributed by atoms with Gasteiger partial charge >= 0.3 is 0 Å². The van der Waals surface area contributed by atoms with E-state index in [4.69, 9.17) is 5.73 Å². The van der Waals surface area contributed by atoms with E-state index in [9.17, 15) is 4.79 Å². The minimum Gasteiger partial charge on any atom is -0.366 e. The first kappa shape index (κ1) is 16.3. The maximum absolute atomic E-state index is 11.8. The van der Waals surface area contributed by atoms with Crippen molar-refractivity contribution in [2.45, 2.75) is 70.4 Å². The number of rotatable bonds is 3. The highest BCUT2D eigenvalue weighted by Crippen LogP contribution is 2.35. The lowest BCUT2D eigenvalue weighted by Crippen LogP contribution is -2.41. The second-order valence-corrected chi connectivity index (χ2v) is 7.28. The Morgan fingerprint density at radius 3 is 2.52 bits per heavy atom. The molecule has 1 saturated heterocycles. The molecular formula is C20H28N2O. The van der Waals surface area contributed by atoms with E-state index in [0.29, 0.717) is 23.6 Å². The number of hydrogen-bond donors (Lipinski definition) is 2. The van der Waals surface area contributed by atoms with Crippen molar-refractivity contribution < 1.29 is 4.79 Å². The molecule has 3 rings (SSSR count). The first-order valence-electron chi connectivity index (χ1n) is 8.94. The largest absolute Gasteiger partial charge is 0.366 e. The Labute approximate surface area is 139 Å². The highest BCUT2D eigenvalue weighted by atomic mass is 16.1. The third-order valence-electron chi connectivity index (χ3n) is 5.26. The maximum atomic E-state index is 11.8. The quantitative estimate of drug-likeness (QED) is 0.886. The highest BCUT2D eigenvalue weighted by molar-refractivity contribution is 5.98. The third kappa shape index (κ3) is 3.66. The van der Waals surface area contributed by atoms with Gasteiger partial charge in [0.05, 0.1) is 0 Å². The second kappa shape index (κ2) is 6.88. The SMILES string of the molecule is CC1CC(c2ccc(C(N)=O)c(C3=CCCCC3)c2)CC(C)N1. The number of benzene rings is 1. The zero-order valence-electron chi connectivity index (χ0n) is 14.3. The van der Waals surface area contributed by atoms with Gasteiger partial charge in [0, 0.05) is 17.6 Å². The molecule has 1 heterocycles. The summed E-state index contributed by atoms with van der Waals surface area (Å²) in [6.45, 7) is 4.51. The number of allylic oxidation sites excluding steroid dienone is 2. The Hall–Kier alpha value is -1.61.